The minimum absolute atomic E-state index is 0.190. The molecule has 2 aromatic heterocycles. The number of aromatic nitrogens is 3. The lowest BCUT2D eigenvalue weighted by Crippen LogP contribution is -2.49. The Kier molecular flexibility index (Phi) is 5.91. The van der Waals surface area contributed by atoms with Gasteiger partial charge in [-0.05, 0) is 19.4 Å². The highest BCUT2D eigenvalue weighted by molar-refractivity contribution is 8.13. The monoisotopic (exact) mass is 436 g/mol. The lowest BCUT2D eigenvalue weighted by molar-refractivity contribution is -0.0466. The van der Waals surface area contributed by atoms with Gasteiger partial charge in [0.2, 0.25) is 0 Å². The average Bonchev–Trinajstić information content (AvgIpc) is 3.36. The van der Waals surface area contributed by atoms with E-state index < -0.39 is 5.54 Å². The number of nitrogens with two attached hydrogens (primary N) is 1. The van der Waals surface area contributed by atoms with Crippen LogP contribution < -0.4 is 11.1 Å². The van der Waals surface area contributed by atoms with Gasteiger partial charge in [0.1, 0.15) is 16.4 Å². The van der Waals surface area contributed by atoms with Gasteiger partial charge in [-0.15, -0.1) is 11.3 Å². The number of carbonyl (C=O) groups is 1. The molecular weight excluding hydrogens is 412 g/mol. The van der Waals surface area contributed by atoms with E-state index in [1.807, 2.05) is 5.38 Å². The Labute approximate surface area is 177 Å². The molecule has 29 heavy (non-hydrogen) atoms. The van der Waals surface area contributed by atoms with Crippen molar-refractivity contribution in [3.63, 3.8) is 0 Å². The number of ether oxygens (including phenoxy) is 2. The molecule has 156 valence electrons. The van der Waals surface area contributed by atoms with Crippen molar-refractivity contribution < 1.29 is 14.3 Å². The van der Waals surface area contributed by atoms with Crippen LogP contribution in [0.4, 0.5) is 5.82 Å². The third-order valence-electron chi connectivity index (χ3n) is 5.14. The molecule has 9 nitrogen and oxygen atoms in total. The van der Waals surface area contributed by atoms with Crippen molar-refractivity contribution in [1.82, 2.24) is 14.8 Å². The second-order valence-electron chi connectivity index (χ2n) is 7.19. The van der Waals surface area contributed by atoms with Crippen molar-refractivity contribution >= 4 is 40.0 Å². The zero-order valence-corrected chi connectivity index (χ0v) is 18.0. The molecule has 4 rings (SSSR count). The zero-order chi connectivity index (χ0) is 20.4. The molecule has 0 radical (unpaired) electrons. The highest BCUT2D eigenvalue weighted by Gasteiger charge is 2.49. The first-order valence-corrected chi connectivity index (χ1v) is 11.3. The van der Waals surface area contributed by atoms with Crippen LogP contribution >= 0.6 is 23.1 Å². The number of aliphatic imine (C=N–C) groups is 1. The van der Waals surface area contributed by atoms with Crippen LogP contribution in [-0.4, -0.2) is 58.0 Å². The van der Waals surface area contributed by atoms with E-state index in [2.05, 4.69) is 22.3 Å². The van der Waals surface area contributed by atoms with E-state index in [1.165, 1.54) is 11.3 Å². The summed E-state index contributed by atoms with van der Waals surface area (Å²) >= 11 is 3.05. The molecule has 11 heteroatoms. The van der Waals surface area contributed by atoms with Crippen molar-refractivity contribution in [2.75, 3.05) is 31.4 Å². The van der Waals surface area contributed by atoms with Crippen LogP contribution in [0.15, 0.2) is 22.6 Å². The summed E-state index contributed by atoms with van der Waals surface area (Å²) in [6, 6.07) is 1.67. The molecule has 2 aliphatic heterocycles. The first-order valence-electron chi connectivity index (χ1n) is 9.39. The topological polar surface area (TPSA) is 117 Å². The van der Waals surface area contributed by atoms with Gasteiger partial charge < -0.3 is 20.5 Å². The fraction of sp³-hybridized carbons (Fsp3) is 0.556. The van der Waals surface area contributed by atoms with Gasteiger partial charge in [-0.2, -0.15) is 5.10 Å². The van der Waals surface area contributed by atoms with Gasteiger partial charge in [0.25, 0.3) is 5.91 Å². The van der Waals surface area contributed by atoms with Crippen molar-refractivity contribution in [3.8, 4) is 0 Å². The Morgan fingerprint density at radius 1 is 1.55 bits per heavy atom. The maximum atomic E-state index is 12.5. The second-order valence-corrected chi connectivity index (χ2v) is 9.09. The van der Waals surface area contributed by atoms with Crippen LogP contribution in [0.5, 0.6) is 0 Å². The number of thiazole rings is 1. The van der Waals surface area contributed by atoms with Gasteiger partial charge in [-0.25, -0.2) is 9.98 Å². The highest BCUT2D eigenvalue weighted by atomic mass is 32.2. The second kappa shape index (κ2) is 8.42. The number of fused-ring (bicyclic) bond motifs is 1. The smallest absolute Gasteiger partial charge is 0.277 e. The Bertz CT molecular complexity index is 913. The van der Waals surface area contributed by atoms with Gasteiger partial charge >= 0.3 is 0 Å². The lowest BCUT2D eigenvalue weighted by atomic mass is 9.80. The van der Waals surface area contributed by atoms with Gasteiger partial charge in [0.15, 0.2) is 10.9 Å². The number of amidine groups is 1. The zero-order valence-electron chi connectivity index (χ0n) is 16.3. The fourth-order valence-electron chi connectivity index (χ4n) is 3.58. The Balaban J connectivity index is 1.51. The minimum atomic E-state index is -0.572. The molecule has 1 fully saturated rings. The van der Waals surface area contributed by atoms with E-state index in [0.29, 0.717) is 42.4 Å². The quantitative estimate of drug-likeness (QED) is 0.710. The fourth-order valence-corrected chi connectivity index (χ4v) is 5.55. The predicted molar refractivity (Wildman–Crippen MR) is 113 cm³/mol. The molecule has 3 atom stereocenters. The first kappa shape index (κ1) is 20.3. The van der Waals surface area contributed by atoms with Crippen molar-refractivity contribution in [1.29, 1.82) is 0 Å². The Morgan fingerprint density at radius 2 is 2.41 bits per heavy atom. The number of nitrogens with one attached hydrogen (secondary N) is 1. The largest absolute Gasteiger partial charge is 0.383 e. The molecule has 4 heterocycles. The van der Waals surface area contributed by atoms with E-state index in [-0.39, 0.29) is 12.0 Å². The van der Waals surface area contributed by atoms with Gasteiger partial charge in [-0.3, -0.25) is 9.48 Å². The van der Waals surface area contributed by atoms with Gasteiger partial charge in [0.05, 0.1) is 25.9 Å². The molecule has 3 N–H and O–H groups in total. The van der Waals surface area contributed by atoms with Gasteiger partial charge in [0, 0.05) is 30.4 Å². The number of rotatable bonds is 6. The van der Waals surface area contributed by atoms with Crippen LogP contribution in [0.25, 0.3) is 0 Å². The minimum Gasteiger partial charge on any atom is -0.383 e. The number of carbonyl (C=O) groups excluding carboxylic acids is 1. The number of nitrogens with zero attached hydrogens (tertiary/aromatic N) is 4. The number of methoxy groups -OCH3 is 1. The number of thioether (sulfide) groups is 1. The maximum Gasteiger partial charge on any atom is 0.277 e. The van der Waals surface area contributed by atoms with Crippen LogP contribution in [0, 0.1) is 5.92 Å². The summed E-state index contributed by atoms with van der Waals surface area (Å²) < 4.78 is 12.6. The van der Waals surface area contributed by atoms with E-state index in [1.54, 1.807) is 35.8 Å². The molecule has 0 saturated carbocycles. The SMILES string of the molecule is COCCn1ccc(C(=O)Nc2csc(C34CO[C@@H](C)C[C@H]3CSC(N)=N4)n2)n1. The first-order chi connectivity index (χ1) is 14.0. The van der Waals surface area contributed by atoms with E-state index >= 15 is 0 Å². The van der Waals surface area contributed by atoms with E-state index in [4.69, 9.17) is 20.2 Å². The number of hydrogen-bond donors (Lipinski definition) is 2. The Hall–Kier alpha value is -1.95. The molecular formula is C18H24N6O3S2. The summed E-state index contributed by atoms with van der Waals surface area (Å²) in [6.45, 7) is 3.65. The van der Waals surface area contributed by atoms with E-state index in [0.717, 1.165) is 17.2 Å². The van der Waals surface area contributed by atoms with Crippen LogP contribution in [0.3, 0.4) is 0 Å². The Morgan fingerprint density at radius 3 is 3.24 bits per heavy atom. The third kappa shape index (κ3) is 4.18. The number of hydrogen-bond acceptors (Lipinski definition) is 9. The summed E-state index contributed by atoms with van der Waals surface area (Å²) in [5.74, 6) is 1.38. The summed E-state index contributed by atoms with van der Waals surface area (Å²) in [7, 11) is 1.63. The van der Waals surface area contributed by atoms with Gasteiger partial charge in [-0.1, -0.05) is 11.8 Å². The van der Waals surface area contributed by atoms with Crippen LogP contribution in [0.1, 0.15) is 28.8 Å². The van der Waals surface area contributed by atoms with Crippen LogP contribution in [0.2, 0.25) is 0 Å². The summed E-state index contributed by atoms with van der Waals surface area (Å²) in [5, 5.41) is 10.3. The number of anilines is 1. The molecule has 0 aromatic carbocycles. The highest BCUT2D eigenvalue weighted by Crippen LogP contribution is 2.46. The molecule has 1 amide bonds. The molecule has 2 aromatic rings. The summed E-state index contributed by atoms with van der Waals surface area (Å²) in [6.07, 6.45) is 2.85. The molecule has 0 spiro atoms. The third-order valence-corrected chi connectivity index (χ3v) is 7.10. The maximum absolute atomic E-state index is 12.5. The van der Waals surface area contributed by atoms with Crippen LogP contribution in [-0.2, 0) is 21.6 Å². The average molecular weight is 437 g/mol. The number of amides is 1. The van der Waals surface area contributed by atoms with E-state index in [9.17, 15) is 4.79 Å². The molecule has 0 bridgehead atoms. The molecule has 1 saturated heterocycles. The lowest BCUT2D eigenvalue weighted by Gasteiger charge is -2.44. The van der Waals surface area contributed by atoms with Crippen molar-refractivity contribution in [3.05, 3.63) is 28.3 Å². The molecule has 0 aliphatic carbocycles. The standard InChI is InChI=1S/C18H24N6O3S2/c1-11-7-12-8-29-17(19)22-18(12,10-27-11)16-21-14(9-28-16)20-15(25)13-3-4-24(23-13)5-6-26-2/h3-4,9,11-12H,5-8,10H2,1-2H3,(H2,19,22)(H,20,25)/t11-,12-,18?/m0/s1. The summed E-state index contributed by atoms with van der Waals surface area (Å²) in [5.41, 5.74) is 5.80. The normalized spacial score (nSPS) is 26.6. The molecule has 1 unspecified atom stereocenters. The van der Waals surface area contributed by atoms with Crippen molar-refractivity contribution in [2.24, 2.45) is 16.6 Å². The molecule has 2 aliphatic rings. The predicted octanol–water partition coefficient (Wildman–Crippen LogP) is 1.92. The van der Waals surface area contributed by atoms with Crippen molar-refractivity contribution in [2.45, 2.75) is 31.5 Å². The summed E-state index contributed by atoms with van der Waals surface area (Å²) in [4.78, 5) is 22.0.